The molecule has 114 valence electrons. The molecule has 0 saturated heterocycles. The zero-order valence-electron chi connectivity index (χ0n) is 13.2. The first kappa shape index (κ1) is 15.9. The molecule has 2 rings (SSSR count). The normalized spacial score (nSPS) is 16.6. The highest BCUT2D eigenvalue weighted by Gasteiger charge is 2.19. The second kappa shape index (κ2) is 6.52. The molecule has 0 bridgehead atoms. The van der Waals surface area contributed by atoms with E-state index in [2.05, 4.69) is 5.16 Å². The van der Waals surface area contributed by atoms with Gasteiger partial charge < -0.3 is 4.84 Å². The first-order valence-corrected chi connectivity index (χ1v) is 7.19. The highest BCUT2D eigenvalue weighted by molar-refractivity contribution is 6.21. The van der Waals surface area contributed by atoms with Crippen LogP contribution in [0.15, 0.2) is 52.7 Å². The lowest BCUT2D eigenvalue weighted by molar-refractivity contribution is -0.111. The molecule has 0 radical (unpaired) electrons. The van der Waals surface area contributed by atoms with Crippen LogP contribution in [0.4, 0.5) is 0 Å². The van der Waals surface area contributed by atoms with Gasteiger partial charge in [-0.3, -0.25) is 4.79 Å². The number of ketones is 1. The average Bonchev–Trinajstić information content (AvgIpc) is 2.48. The molecule has 0 aromatic heterocycles. The van der Waals surface area contributed by atoms with Gasteiger partial charge in [0.05, 0.1) is 5.56 Å². The SMILES string of the molecule is CC1=C/C(=N/OC(=O)c2ccc(C)cc2)C(C(C)C)=CC1=O. The Morgan fingerprint density at radius 2 is 1.73 bits per heavy atom. The Bertz CT molecular complexity index is 692. The highest BCUT2D eigenvalue weighted by Crippen LogP contribution is 2.20. The van der Waals surface area contributed by atoms with Crippen LogP contribution >= 0.6 is 0 Å². The molecular formula is C18H19NO3. The van der Waals surface area contributed by atoms with Gasteiger partial charge in [0.15, 0.2) is 5.78 Å². The van der Waals surface area contributed by atoms with Gasteiger partial charge in [-0.25, -0.2) is 4.79 Å². The summed E-state index contributed by atoms with van der Waals surface area (Å²) in [6, 6.07) is 7.07. The summed E-state index contributed by atoms with van der Waals surface area (Å²) in [4.78, 5) is 28.7. The molecular weight excluding hydrogens is 278 g/mol. The van der Waals surface area contributed by atoms with Crippen molar-refractivity contribution >= 4 is 17.5 Å². The van der Waals surface area contributed by atoms with Crippen molar-refractivity contribution in [3.05, 3.63) is 58.7 Å². The van der Waals surface area contributed by atoms with E-state index in [4.69, 9.17) is 4.84 Å². The van der Waals surface area contributed by atoms with Crippen molar-refractivity contribution in [3.63, 3.8) is 0 Å². The monoisotopic (exact) mass is 297 g/mol. The van der Waals surface area contributed by atoms with E-state index in [1.54, 1.807) is 31.2 Å². The first-order chi connectivity index (χ1) is 10.4. The molecule has 1 aliphatic rings. The Kier molecular flexibility index (Phi) is 4.71. The molecule has 0 unspecified atom stereocenters. The molecule has 1 aliphatic carbocycles. The van der Waals surface area contributed by atoms with Crippen molar-refractivity contribution in [2.24, 2.45) is 11.1 Å². The largest absolute Gasteiger partial charge is 0.365 e. The molecule has 4 nitrogen and oxygen atoms in total. The zero-order valence-corrected chi connectivity index (χ0v) is 13.2. The molecule has 4 heteroatoms. The van der Waals surface area contributed by atoms with Crippen molar-refractivity contribution in [1.29, 1.82) is 0 Å². The third kappa shape index (κ3) is 3.58. The Hall–Kier alpha value is -2.49. The maximum absolute atomic E-state index is 12.0. The van der Waals surface area contributed by atoms with E-state index in [0.29, 0.717) is 16.8 Å². The summed E-state index contributed by atoms with van der Waals surface area (Å²) in [7, 11) is 0. The lowest BCUT2D eigenvalue weighted by Crippen LogP contribution is -2.16. The zero-order chi connectivity index (χ0) is 16.3. The summed E-state index contributed by atoms with van der Waals surface area (Å²) in [6.07, 6.45) is 3.21. The Morgan fingerprint density at radius 3 is 2.32 bits per heavy atom. The smallest absolute Gasteiger partial charge is 0.312 e. The van der Waals surface area contributed by atoms with Crippen molar-refractivity contribution in [1.82, 2.24) is 0 Å². The standard InChI is InChI=1S/C18H19NO3/c1-11(2)15-10-17(20)13(4)9-16(15)19-22-18(21)14-7-5-12(3)6-8-14/h5-11H,1-4H3/b19-16-. The summed E-state index contributed by atoms with van der Waals surface area (Å²) in [5, 5.41) is 3.94. The second-order valence-electron chi connectivity index (χ2n) is 5.67. The predicted octanol–water partition coefficient (Wildman–Crippen LogP) is 3.62. The van der Waals surface area contributed by atoms with E-state index in [1.165, 1.54) is 0 Å². The predicted molar refractivity (Wildman–Crippen MR) is 85.7 cm³/mol. The summed E-state index contributed by atoms with van der Waals surface area (Å²) >= 11 is 0. The number of hydrogen-bond donors (Lipinski definition) is 0. The Morgan fingerprint density at radius 1 is 1.09 bits per heavy atom. The van der Waals surface area contributed by atoms with E-state index in [9.17, 15) is 9.59 Å². The average molecular weight is 297 g/mol. The number of carbonyl (C=O) groups excluding carboxylic acids is 2. The number of aryl methyl sites for hydroxylation is 1. The molecule has 0 fully saturated rings. The lowest BCUT2D eigenvalue weighted by Gasteiger charge is -2.15. The molecule has 0 amide bonds. The van der Waals surface area contributed by atoms with Gasteiger partial charge in [-0.05, 0) is 55.2 Å². The number of allylic oxidation sites excluding steroid dienone is 4. The Labute approximate surface area is 130 Å². The molecule has 0 atom stereocenters. The van der Waals surface area contributed by atoms with Crippen LogP contribution in [0, 0.1) is 12.8 Å². The minimum absolute atomic E-state index is 0.0347. The van der Waals surface area contributed by atoms with Crippen LogP contribution in [0.5, 0.6) is 0 Å². The van der Waals surface area contributed by atoms with Gasteiger partial charge in [0.1, 0.15) is 5.71 Å². The van der Waals surface area contributed by atoms with Crippen LogP contribution in [-0.2, 0) is 9.63 Å². The van der Waals surface area contributed by atoms with Gasteiger partial charge in [-0.1, -0.05) is 36.7 Å². The number of rotatable bonds is 3. The minimum Gasteiger partial charge on any atom is -0.312 e. The van der Waals surface area contributed by atoms with Gasteiger partial charge in [-0.15, -0.1) is 0 Å². The van der Waals surface area contributed by atoms with Gasteiger partial charge in [-0.2, -0.15) is 0 Å². The van der Waals surface area contributed by atoms with Crippen LogP contribution in [0.2, 0.25) is 0 Å². The lowest BCUT2D eigenvalue weighted by atomic mass is 9.90. The maximum atomic E-state index is 12.0. The molecule has 0 heterocycles. The van der Waals surface area contributed by atoms with Crippen LogP contribution in [0.3, 0.4) is 0 Å². The van der Waals surface area contributed by atoms with Gasteiger partial charge in [0.25, 0.3) is 0 Å². The van der Waals surface area contributed by atoms with Crippen LogP contribution in [0.25, 0.3) is 0 Å². The van der Waals surface area contributed by atoms with E-state index < -0.39 is 5.97 Å². The highest BCUT2D eigenvalue weighted by atomic mass is 16.7. The van der Waals surface area contributed by atoms with E-state index in [0.717, 1.165) is 11.1 Å². The molecule has 0 spiro atoms. The number of hydrogen-bond acceptors (Lipinski definition) is 4. The third-order valence-electron chi connectivity index (χ3n) is 3.46. The number of benzene rings is 1. The summed E-state index contributed by atoms with van der Waals surface area (Å²) < 4.78 is 0. The number of nitrogens with zero attached hydrogens (tertiary/aromatic N) is 1. The van der Waals surface area contributed by atoms with E-state index in [1.807, 2.05) is 32.9 Å². The van der Waals surface area contributed by atoms with Crippen molar-refractivity contribution < 1.29 is 14.4 Å². The number of oxime groups is 1. The summed E-state index contributed by atoms with van der Waals surface area (Å²) in [5.74, 6) is -0.434. The fourth-order valence-electron chi connectivity index (χ4n) is 2.06. The molecule has 22 heavy (non-hydrogen) atoms. The minimum atomic E-state index is -0.515. The Balaban J connectivity index is 2.20. The molecule has 1 aromatic carbocycles. The van der Waals surface area contributed by atoms with Gasteiger partial charge in [0, 0.05) is 0 Å². The molecule has 0 N–H and O–H groups in total. The van der Waals surface area contributed by atoms with Crippen LogP contribution in [0.1, 0.15) is 36.7 Å². The maximum Gasteiger partial charge on any atom is 0.365 e. The molecule has 1 aromatic rings. The fraction of sp³-hybridized carbons (Fsp3) is 0.278. The van der Waals surface area contributed by atoms with E-state index in [-0.39, 0.29) is 11.7 Å². The second-order valence-corrected chi connectivity index (χ2v) is 5.67. The van der Waals surface area contributed by atoms with Crippen molar-refractivity contribution in [2.45, 2.75) is 27.7 Å². The van der Waals surface area contributed by atoms with Crippen LogP contribution < -0.4 is 0 Å². The van der Waals surface area contributed by atoms with E-state index >= 15 is 0 Å². The first-order valence-electron chi connectivity index (χ1n) is 7.19. The fourth-order valence-corrected chi connectivity index (χ4v) is 2.06. The van der Waals surface area contributed by atoms with Crippen LogP contribution in [-0.4, -0.2) is 17.5 Å². The van der Waals surface area contributed by atoms with Gasteiger partial charge in [0.2, 0.25) is 0 Å². The van der Waals surface area contributed by atoms with Crippen molar-refractivity contribution in [2.75, 3.05) is 0 Å². The molecule has 0 saturated carbocycles. The summed E-state index contributed by atoms with van der Waals surface area (Å²) in [6.45, 7) is 7.59. The molecule has 0 aliphatic heterocycles. The quantitative estimate of drug-likeness (QED) is 0.486. The number of carbonyl (C=O) groups is 2. The van der Waals surface area contributed by atoms with Gasteiger partial charge >= 0.3 is 5.97 Å². The third-order valence-corrected chi connectivity index (χ3v) is 3.46. The van der Waals surface area contributed by atoms with Crippen molar-refractivity contribution in [3.8, 4) is 0 Å². The summed E-state index contributed by atoms with van der Waals surface area (Å²) in [5.41, 5.74) is 3.38. The topological polar surface area (TPSA) is 55.7 Å².